The summed E-state index contributed by atoms with van der Waals surface area (Å²) in [7, 11) is 0. The zero-order valence-electron chi connectivity index (χ0n) is 22.9. The van der Waals surface area contributed by atoms with Gasteiger partial charge in [-0.15, -0.1) is 0 Å². The Morgan fingerprint density at radius 3 is 2.43 bits per heavy atom. The summed E-state index contributed by atoms with van der Waals surface area (Å²) < 4.78 is 0. The van der Waals surface area contributed by atoms with Gasteiger partial charge in [-0.05, 0) is 101 Å². The molecule has 0 spiro atoms. The molecule has 2 aromatic rings. The molecule has 196 valence electrons. The minimum Gasteiger partial charge on any atom is -0.393 e. The molecular weight excluding hydrogens is 434 g/mol. The smallest absolute Gasteiger partial charge is 0.225 e. The third-order valence-electron chi connectivity index (χ3n) is 7.81. The maximum absolute atomic E-state index is 10.5. The van der Waals surface area contributed by atoms with Crippen LogP contribution < -0.4 is 10.6 Å². The number of anilines is 2. The molecule has 1 saturated carbocycles. The SMILES string of the molecule is CCCCC(O)C1CCC(CNc2nc(NCCCN(CC)CC)c3cc(C)cc(C)c3n2)CC1. The number of fused-ring (bicyclic) bond motifs is 1. The van der Waals surface area contributed by atoms with Crippen molar-refractivity contribution in [3.63, 3.8) is 0 Å². The van der Waals surface area contributed by atoms with Gasteiger partial charge in [0.05, 0.1) is 11.6 Å². The number of benzene rings is 1. The number of nitrogens with zero attached hydrogens (tertiary/aromatic N) is 3. The number of nitrogens with one attached hydrogen (secondary N) is 2. The van der Waals surface area contributed by atoms with E-state index in [9.17, 15) is 5.11 Å². The molecule has 1 aromatic carbocycles. The quantitative estimate of drug-likeness (QED) is 0.280. The average Bonchev–Trinajstić information content (AvgIpc) is 2.86. The highest BCUT2D eigenvalue weighted by Crippen LogP contribution is 2.33. The summed E-state index contributed by atoms with van der Waals surface area (Å²) in [6.45, 7) is 16.0. The minimum absolute atomic E-state index is 0.116. The Hall–Kier alpha value is -1.92. The molecule has 35 heavy (non-hydrogen) atoms. The van der Waals surface area contributed by atoms with E-state index in [2.05, 4.69) is 62.3 Å². The van der Waals surface area contributed by atoms with Gasteiger partial charge in [-0.1, -0.05) is 39.7 Å². The van der Waals surface area contributed by atoms with Crippen molar-refractivity contribution in [1.82, 2.24) is 14.9 Å². The van der Waals surface area contributed by atoms with Gasteiger partial charge in [-0.3, -0.25) is 0 Å². The van der Waals surface area contributed by atoms with E-state index in [4.69, 9.17) is 9.97 Å². The number of aliphatic hydroxyl groups is 1. The summed E-state index contributed by atoms with van der Waals surface area (Å²) in [6, 6.07) is 4.40. The molecule has 1 unspecified atom stereocenters. The largest absolute Gasteiger partial charge is 0.393 e. The van der Waals surface area contributed by atoms with Crippen LogP contribution in [0.25, 0.3) is 10.9 Å². The van der Waals surface area contributed by atoms with Crippen LogP contribution in [0.5, 0.6) is 0 Å². The molecule has 1 aliphatic rings. The Kier molecular flexibility index (Phi) is 11.1. The second kappa shape index (κ2) is 14.0. The molecule has 1 fully saturated rings. The standard InChI is InChI=1S/C29H49N5O/c1-6-9-11-26(35)24-14-12-23(13-15-24)20-31-29-32-27-22(5)18-21(4)19-25(27)28(33-29)30-16-10-17-34(7-2)8-3/h18-19,23-24,26,35H,6-17,20H2,1-5H3,(H2,30,31,32,33). The van der Waals surface area contributed by atoms with E-state index in [-0.39, 0.29) is 6.10 Å². The first-order valence-corrected chi connectivity index (χ1v) is 14.1. The van der Waals surface area contributed by atoms with Gasteiger partial charge < -0.3 is 20.6 Å². The van der Waals surface area contributed by atoms with Crippen molar-refractivity contribution in [3.8, 4) is 0 Å². The molecule has 0 aliphatic heterocycles. The molecule has 0 radical (unpaired) electrons. The molecule has 3 N–H and O–H groups in total. The number of aryl methyl sites for hydroxylation is 2. The molecule has 1 heterocycles. The fourth-order valence-electron chi connectivity index (χ4n) is 5.51. The Balaban J connectivity index is 1.62. The lowest BCUT2D eigenvalue weighted by Gasteiger charge is -2.31. The summed E-state index contributed by atoms with van der Waals surface area (Å²) in [4.78, 5) is 12.3. The summed E-state index contributed by atoms with van der Waals surface area (Å²) in [5.41, 5.74) is 3.46. The van der Waals surface area contributed by atoms with Gasteiger partial charge in [0.2, 0.25) is 5.95 Å². The maximum atomic E-state index is 10.5. The zero-order valence-corrected chi connectivity index (χ0v) is 22.9. The molecule has 3 rings (SSSR count). The summed E-state index contributed by atoms with van der Waals surface area (Å²) in [5.74, 6) is 2.76. The fraction of sp³-hybridized carbons (Fsp3) is 0.724. The van der Waals surface area contributed by atoms with Crippen molar-refractivity contribution in [2.75, 3.05) is 43.4 Å². The van der Waals surface area contributed by atoms with E-state index in [1.807, 2.05) is 0 Å². The molecule has 0 amide bonds. The Labute approximate surface area is 213 Å². The van der Waals surface area contributed by atoms with Gasteiger partial charge in [-0.2, -0.15) is 4.98 Å². The van der Waals surface area contributed by atoms with Crippen molar-refractivity contribution in [3.05, 3.63) is 23.3 Å². The third-order valence-corrected chi connectivity index (χ3v) is 7.81. The van der Waals surface area contributed by atoms with Crippen LogP contribution in [0.2, 0.25) is 0 Å². The van der Waals surface area contributed by atoms with Gasteiger partial charge in [0.15, 0.2) is 0 Å². The van der Waals surface area contributed by atoms with E-state index in [1.54, 1.807) is 0 Å². The van der Waals surface area contributed by atoms with Gasteiger partial charge in [0.25, 0.3) is 0 Å². The zero-order chi connectivity index (χ0) is 25.2. The molecule has 6 heteroatoms. The van der Waals surface area contributed by atoms with Crippen LogP contribution >= 0.6 is 0 Å². The Morgan fingerprint density at radius 2 is 1.74 bits per heavy atom. The number of hydrogen-bond acceptors (Lipinski definition) is 6. The van der Waals surface area contributed by atoms with Crippen molar-refractivity contribution in [1.29, 1.82) is 0 Å². The Bertz CT molecular complexity index is 906. The predicted octanol–water partition coefficient (Wildman–Crippen LogP) is 6.16. The molecule has 1 aliphatic carbocycles. The first-order chi connectivity index (χ1) is 16.9. The van der Waals surface area contributed by atoms with Crippen molar-refractivity contribution >= 4 is 22.7 Å². The summed E-state index contributed by atoms with van der Waals surface area (Å²) in [5, 5.41) is 18.8. The Morgan fingerprint density at radius 1 is 1.00 bits per heavy atom. The van der Waals surface area contributed by atoms with Crippen molar-refractivity contribution in [2.24, 2.45) is 11.8 Å². The lowest BCUT2D eigenvalue weighted by atomic mass is 9.78. The molecule has 1 atom stereocenters. The predicted molar refractivity (Wildman–Crippen MR) is 149 cm³/mol. The van der Waals surface area contributed by atoms with Crippen LogP contribution in [0, 0.1) is 25.7 Å². The van der Waals surface area contributed by atoms with E-state index >= 15 is 0 Å². The van der Waals surface area contributed by atoms with E-state index in [0.717, 1.165) is 93.9 Å². The van der Waals surface area contributed by atoms with Crippen molar-refractivity contribution < 1.29 is 5.11 Å². The minimum atomic E-state index is -0.116. The maximum Gasteiger partial charge on any atom is 0.225 e. The molecule has 0 bridgehead atoms. The second-order valence-corrected chi connectivity index (χ2v) is 10.6. The van der Waals surface area contributed by atoms with Crippen LogP contribution in [-0.4, -0.2) is 58.8 Å². The highest BCUT2D eigenvalue weighted by molar-refractivity contribution is 5.92. The van der Waals surface area contributed by atoms with E-state index < -0.39 is 0 Å². The summed E-state index contributed by atoms with van der Waals surface area (Å²) >= 11 is 0. The number of unbranched alkanes of at least 4 members (excludes halogenated alkanes) is 1. The van der Waals surface area contributed by atoms with Crippen LogP contribution in [0.4, 0.5) is 11.8 Å². The normalized spacial score (nSPS) is 19.3. The van der Waals surface area contributed by atoms with Gasteiger partial charge >= 0.3 is 0 Å². The average molecular weight is 484 g/mol. The first kappa shape index (κ1) is 27.7. The van der Waals surface area contributed by atoms with E-state index in [1.165, 1.54) is 24.0 Å². The van der Waals surface area contributed by atoms with Crippen LogP contribution in [0.3, 0.4) is 0 Å². The van der Waals surface area contributed by atoms with Crippen LogP contribution in [0.1, 0.15) is 83.3 Å². The monoisotopic (exact) mass is 483 g/mol. The number of rotatable bonds is 14. The topological polar surface area (TPSA) is 73.3 Å². The summed E-state index contributed by atoms with van der Waals surface area (Å²) in [6.07, 6.45) is 8.83. The van der Waals surface area contributed by atoms with Gasteiger partial charge in [0, 0.05) is 18.5 Å². The molecule has 6 nitrogen and oxygen atoms in total. The molecule has 1 aromatic heterocycles. The lowest BCUT2D eigenvalue weighted by molar-refractivity contribution is 0.0663. The van der Waals surface area contributed by atoms with Gasteiger partial charge in [0.1, 0.15) is 5.82 Å². The highest BCUT2D eigenvalue weighted by atomic mass is 16.3. The lowest BCUT2D eigenvalue weighted by Crippen LogP contribution is -2.28. The fourth-order valence-corrected chi connectivity index (χ4v) is 5.51. The van der Waals surface area contributed by atoms with Crippen LogP contribution in [-0.2, 0) is 0 Å². The molecular formula is C29H49N5O. The third kappa shape index (κ3) is 8.04. The first-order valence-electron chi connectivity index (χ1n) is 14.1. The van der Waals surface area contributed by atoms with E-state index in [0.29, 0.717) is 11.8 Å². The number of aromatic nitrogens is 2. The van der Waals surface area contributed by atoms with Crippen LogP contribution in [0.15, 0.2) is 12.1 Å². The highest BCUT2D eigenvalue weighted by Gasteiger charge is 2.26. The number of hydrogen-bond donors (Lipinski definition) is 3. The van der Waals surface area contributed by atoms with Crippen molar-refractivity contribution in [2.45, 2.75) is 92.1 Å². The van der Waals surface area contributed by atoms with Gasteiger partial charge in [-0.25, -0.2) is 4.98 Å². The second-order valence-electron chi connectivity index (χ2n) is 10.6. The number of aliphatic hydroxyl groups excluding tert-OH is 1. The molecule has 0 saturated heterocycles.